The molecule has 0 saturated carbocycles. The predicted octanol–water partition coefficient (Wildman–Crippen LogP) is 5.17. The van der Waals surface area contributed by atoms with Crippen LogP contribution in [0.25, 0.3) is 11.3 Å². The van der Waals surface area contributed by atoms with E-state index >= 15 is 0 Å². The minimum atomic E-state index is -4.53. The monoisotopic (exact) mass is 516 g/mol. The summed E-state index contributed by atoms with van der Waals surface area (Å²) in [4.78, 5) is 11.8. The third-order valence-electron chi connectivity index (χ3n) is 5.81. The summed E-state index contributed by atoms with van der Waals surface area (Å²) in [6.07, 6.45) is -0.101. The van der Waals surface area contributed by atoms with E-state index in [1.807, 2.05) is 0 Å². The lowest BCUT2D eigenvalue weighted by Crippen LogP contribution is -2.18. The molecule has 4 aromatic rings. The summed E-state index contributed by atoms with van der Waals surface area (Å²) in [6.45, 7) is 1.86. The first-order valence-corrected chi connectivity index (χ1v) is 12.3. The summed E-state index contributed by atoms with van der Waals surface area (Å²) in [5.41, 5.74) is 1.04. The van der Waals surface area contributed by atoms with Crippen LogP contribution in [0, 0.1) is 6.92 Å². The summed E-state index contributed by atoms with van der Waals surface area (Å²) < 4.78 is 79.6. The number of nitrogens with one attached hydrogen (secondary N) is 1. The summed E-state index contributed by atoms with van der Waals surface area (Å²) in [5, 5.41) is 0. The largest absolute Gasteiger partial charge is 0.493 e. The van der Waals surface area contributed by atoms with Crippen molar-refractivity contribution in [1.29, 1.82) is 0 Å². The Balaban J connectivity index is 1.55. The number of rotatable bonds is 5. The highest BCUT2D eigenvalue weighted by atomic mass is 32.2. The van der Waals surface area contributed by atoms with E-state index in [4.69, 9.17) is 9.15 Å². The molecule has 0 saturated heterocycles. The normalized spacial score (nSPS) is 15.7. The van der Waals surface area contributed by atoms with Crippen molar-refractivity contribution in [2.24, 2.45) is 0 Å². The summed E-state index contributed by atoms with van der Waals surface area (Å²) >= 11 is 0. The Morgan fingerprint density at radius 2 is 1.89 bits per heavy atom. The quantitative estimate of drug-likeness (QED) is 0.390. The van der Waals surface area contributed by atoms with Crippen LogP contribution in [-0.2, 0) is 16.2 Å². The number of halogens is 3. The van der Waals surface area contributed by atoms with Gasteiger partial charge in [-0.25, -0.2) is 23.4 Å². The molecule has 12 heteroatoms. The zero-order valence-electron chi connectivity index (χ0n) is 18.8. The van der Waals surface area contributed by atoms with Crippen LogP contribution in [0.3, 0.4) is 0 Å². The van der Waals surface area contributed by atoms with Gasteiger partial charge in [-0.2, -0.15) is 13.2 Å². The lowest BCUT2D eigenvalue weighted by atomic mass is 9.83. The number of aryl methyl sites for hydroxylation is 1. The van der Waals surface area contributed by atoms with Crippen LogP contribution in [0.4, 0.5) is 19.0 Å². The van der Waals surface area contributed by atoms with Gasteiger partial charge in [-0.1, -0.05) is 12.1 Å². The highest BCUT2D eigenvalue weighted by molar-refractivity contribution is 7.92. The van der Waals surface area contributed by atoms with Crippen molar-refractivity contribution in [3.05, 3.63) is 83.8 Å². The molecule has 1 atom stereocenters. The van der Waals surface area contributed by atoms with Crippen LogP contribution >= 0.6 is 0 Å². The van der Waals surface area contributed by atoms with Crippen LogP contribution in [-0.4, -0.2) is 30.0 Å². The summed E-state index contributed by atoms with van der Waals surface area (Å²) in [7, 11) is -3.97. The van der Waals surface area contributed by atoms with Gasteiger partial charge in [0.15, 0.2) is 5.89 Å². The number of nitrogens with zero attached hydrogens (tertiary/aromatic N) is 3. The fraction of sp³-hybridized carbons (Fsp3) is 0.208. The van der Waals surface area contributed by atoms with Crippen molar-refractivity contribution in [2.45, 2.75) is 30.3 Å². The second kappa shape index (κ2) is 8.94. The molecule has 2 aromatic heterocycles. The Morgan fingerprint density at radius 3 is 2.58 bits per heavy atom. The Morgan fingerprint density at radius 1 is 1.08 bits per heavy atom. The average molecular weight is 517 g/mol. The van der Waals surface area contributed by atoms with E-state index in [0.717, 1.165) is 12.1 Å². The Hall–Kier alpha value is -3.93. The van der Waals surface area contributed by atoms with Crippen LogP contribution in [0.1, 0.15) is 34.9 Å². The van der Waals surface area contributed by atoms with Crippen molar-refractivity contribution < 1.29 is 30.7 Å². The molecule has 3 heterocycles. The minimum absolute atomic E-state index is 0.0414. The highest BCUT2D eigenvalue weighted by Crippen LogP contribution is 2.44. The molecule has 0 fully saturated rings. The maximum Gasteiger partial charge on any atom is 0.416 e. The molecule has 1 N–H and O–H groups in total. The molecule has 1 aliphatic heterocycles. The molecule has 0 radical (unpaired) electrons. The van der Waals surface area contributed by atoms with Gasteiger partial charge in [0.05, 0.1) is 17.1 Å². The Bertz CT molecular complexity index is 1520. The van der Waals surface area contributed by atoms with Gasteiger partial charge in [0, 0.05) is 36.2 Å². The summed E-state index contributed by atoms with van der Waals surface area (Å²) in [6, 6.07) is 9.38. The van der Waals surface area contributed by atoms with E-state index in [1.165, 1.54) is 43.1 Å². The van der Waals surface area contributed by atoms with E-state index in [2.05, 4.69) is 19.7 Å². The van der Waals surface area contributed by atoms with Gasteiger partial charge in [-0.3, -0.25) is 4.72 Å². The lowest BCUT2D eigenvalue weighted by molar-refractivity contribution is -0.137. The van der Waals surface area contributed by atoms with Crippen LogP contribution in [0.2, 0.25) is 0 Å². The number of benzene rings is 2. The first-order chi connectivity index (χ1) is 17.1. The number of fused-ring (bicyclic) bond motifs is 1. The fourth-order valence-electron chi connectivity index (χ4n) is 4.15. The number of oxazole rings is 1. The number of ether oxygens (including phenoxy) is 1. The standard InChI is InChI=1S/C24H19F3N4O4S/c1-14-30-21(12-35-14)20-10-15(24(25,26)27)2-4-17(20)18-7-9-34-22-11-16(3-5-19(18)22)36(32,33)31-23-6-8-28-13-29-23/h2-6,8,10-13,18H,7,9H2,1H3,(H,28,29,31). The van der Waals surface area contributed by atoms with Crippen molar-refractivity contribution in [1.82, 2.24) is 15.0 Å². The first kappa shape index (κ1) is 23.8. The van der Waals surface area contributed by atoms with Gasteiger partial charge < -0.3 is 9.15 Å². The second-order valence-electron chi connectivity index (χ2n) is 8.14. The molecular formula is C24H19F3N4O4S. The number of sulfonamides is 1. The molecule has 1 unspecified atom stereocenters. The lowest BCUT2D eigenvalue weighted by Gasteiger charge is -2.28. The SMILES string of the molecule is Cc1nc(-c2cc(C(F)(F)F)ccc2C2CCOc3cc(S(=O)(=O)Nc4ccncn4)ccc32)co1. The molecular weight excluding hydrogens is 497 g/mol. The Kier molecular flexibility index (Phi) is 5.91. The maximum absolute atomic E-state index is 13.5. The predicted molar refractivity (Wildman–Crippen MR) is 123 cm³/mol. The molecule has 186 valence electrons. The van der Waals surface area contributed by atoms with Crippen molar-refractivity contribution in [3.8, 4) is 17.0 Å². The fourth-order valence-corrected chi connectivity index (χ4v) is 5.18. The molecule has 2 aromatic carbocycles. The topological polar surface area (TPSA) is 107 Å². The van der Waals surface area contributed by atoms with Crippen molar-refractivity contribution in [2.75, 3.05) is 11.3 Å². The molecule has 0 amide bonds. The van der Waals surface area contributed by atoms with Gasteiger partial charge in [0.1, 0.15) is 29.9 Å². The van der Waals surface area contributed by atoms with E-state index in [9.17, 15) is 21.6 Å². The van der Waals surface area contributed by atoms with Crippen LogP contribution < -0.4 is 9.46 Å². The number of anilines is 1. The molecule has 0 aliphatic carbocycles. The second-order valence-corrected chi connectivity index (χ2v) is 9.82. The van der Waals surface area contributed by atoms with Crippen molar-refractivity contribution >= 4 is 15.8 Å². The average Bonchev–Trinajstić information content (AvgIpc) is 3.29. The van der Waals surface area contributed by atoms with Gasteiger partial charge in [-0.05, 0) is 36.2 Å². The highest BCUT2D eigenvalue weighted by Gasteiger charge is 2.34. The first-order valence-electron chi connectivity index (χ1n) is 10.8. The van der Waals surface area contributed by atoms with Gasteiger partial charge >= 0.3 is 6.18 Å². The summed E-state index contributed by atoms with van der Waals surface area (Å²) in [5.74, 6) is 0.416. The number of alkyl halides is 3. The van der Waals surface area contributed by atoms with E-state index in [-0.39, 0.29) is 28.9 Å². The van der Waals surface area contributed by atoms with Crippen LogP contribution in [0.15, 0.2) is 70.6 Å². The molecule has 8 nitrogen and oxygen atoms in total. The van der Waals surface area contributed by atoms with Crippen LogP contribution in [0.5, 0.6) is 5.75 Å². The van der Waals surface area contributed by atoms with Gasteiger partial charge in [0.25, 0.3) is 10.0 Å². The van der Waals surface area contributed by atoms with E-state index in [1.54, 1.807) is 13.0 Å². The van der Waals surface area contributed by atoms with Gasteiger partial charge in [0.2, 0.25) is 0 Å². The number of aromatic nitrogens is 3. The van der Waals surface area contributed by atoms with Gasteiger partial charge in [-0.15, -0.1) is 0 Å². The third-order valence-corrected chi connectivity index (χ3v) is 7.16. The maximum atomic E-state index is 13.5. The number of hydrogen-bond donors (Lipinski definition) is 1. The Labute approximate surface area is 204 Å². The molecule has 5 rings (SSSR count). The molecule has 0 bridgehead atoms. The number of hydrogen-bond acceptors (Lipinski definition) is 7. The van der Waals surface area contributed by atoms with E-state index < -0.39 is 21.8 Å². The molecule has 0 spiro atoms. The molecule has 1 aliphatic rings. The molecule has 36 heavy (non-hydrogen) atoms. The zero-order valence-corrected chi connectivity index (χ0v) is 19.6. The van der Waals surface area contributed by atoms with E-state index in [0.29, 0.717) is 34.8 Å². The third kappa shape index (κ3) is 4.63. The zero-order chi connectivity index (χ0) is 25.5. The minimum Gasteiger partial charge on any atom is -0.493 e. The van der Waals surface area contributed by atoms with Crippen molar-refractivity contribution in [3.63, 3.8) is 0 Å². The smallest absolute Gasteiger partial charge is 0.416 e.